The molecule has 2 rings (SSSR count). The summed E-state index contributed by atoms with van der Waals surface area (Å²) >= 11 is 0. The maximum Gasteiger partial charge on any atom is 0.228 e. The van der Waals surface area contributed by atoms with Crippen LogP contribution in [0.15, 0.2) is 36.9 Å². The summed E-state index contributed by atoms with van der Waals surface area (Å²) in [6.45, 7) is 7.98. The minimum atomic E-state index is -0.132. The lowest BCUT2D eigenvalue weighted by Gasteiger charge is -2.39. The van der Waals surface area contributed by atoms with Gasteiger partial charge in [-0.05, 0) is 18.1 Å². The van der Waals surface area contributed by atoms with E-state index in [1.165, 1.54) is 5.56 Å². The van der Waals surface area contributed by atoms with Crippen LogP contribution >= 0.6 is 0 Å². The molecule has 0 aliphatic carbocycles. The Morgan fingerprint density at radius 2 is 2.12 bits per heavy atom. The first kappa shape index (κ1) is 10.9. The zero-order valence-electron chi connectivity index (χ0n) is 9.79. The van der Waals surface area contributed by atoms with Gasteiger partial charge in [0.25, 0.3) is 0 Å². The number of anilines is 1. The Labute approximate surface area is 96.4 Å². The Hall–Kier alpha value is -1.57. The molecule has 0 spiro atoms. The predicted molar refractivity (Wildman–Crippen MR) is 66.4 cm³/mol. The van der Waals surface area contributed by atoms with E-state index in [1.54, 1.807) is 0 Å². The zero-order valence-corrected chi connectivity index (χ0v) is 9.79. The fourth-order valence-corrected chi connectivity index (χ4v) is 2.46. The third-order valence-electron chi connectivity index (χ3n) is 3.47. The first-order valence-corrected chi connectivity index (χ1v) is 5.58. The van der Waals surface area contributed by atoms with Crippen molar-refractivity contribution in [2.75, 3.05) is 5.32 Å². The first-order chi connectivity index (χ1) is 7.57. The number of rotatable bonds is 2. The van der Waals surface area contributed by atoms with Gasteiger partial charge in [0.15, 0.2) is 0 Å². The minimum Gasteiger partial charge on any atom is -0.326 e. The molecule has 0 bridgehead atoms. The summed E-state index contributed by atoms with van der Waals surface area (Å²) in [7, 11) is 0. The standard InChI is InChI=1S/C14H17NO/c1-4-7-11-13(16)15-12-9-6-5-8-10(12)14(11,2)3/h4-6,8-9,11H,1,7H2,2-3H3,(H,15,16). The van der Waals surface area contributed by atoms with Gasteiger partial charge in [0.2, 0.25) is 5.91 Å². The summed E-state index contributed by atoms with van der Waals surface area (Å²) < 4.78 is 0. The van der Waals surface area contributed by atoms with Crippen molar-refractivity contribution < 1.29 is 4.79 Å². The van der Waals surface area contributed by atoms with Crippen LogP contribution in [0.3, 0.4) is 0 Å². The highest BCUT2D eigenvalue weighted by molar-refractivity contribution is 5.97. The topological polar surface area (TPSA) is 29.1 Å². The Kier molecular flexibility index (Phi) is 2.58. The van der Waals surface area contributed by atoms with Gasteiger partial charge < -0.3 is 5.32 Å². The molecule has 0 saturated carbocycles. The summed E-state index contributed by atoms with van der Waals surface area (Å²) in [6.07, 6.45) is 2.53. The molecule has 2 nitrogen and oxygen atoms in total. The summed E-state index contributed by atoms with van der Waals surface area (Å²) in [5.41, 5.74) is 2.02. The third kappa shape index (κ3) is 1.54. The quantitative estimate of drug-likeness (QED) is 0.754. The van der Waals surface area contributed by atoms with Gasteiger partial charge in [0.1, 0.15) is 0 Å². The van der Waals surface area contributed by atoms with Crippen LogP contribution in [0.2, 0.25) is 0 Å². The van der Waals surface area contributed by atoms with Gasteiger partial charge in [0.05, 0.1) is 5.92 Å². The van der Waals surface area contributed by atoms with E-state index in [1.807, 2.05) is 24.3 Å². The Balaban J connectivity index is 2.50. The Morgan fingerprint density at radius 3 is 2.81 bits per heavy atom. The summed E-state index contributed by atoms with van der Waals surface area (Å²) in [5.74, 6) is 0.0727. The molecule has 16 heavy (non-hydrogen) atoms. The molecule has 84 valence electrons. The van der Waals surface area contributed by atoms with E-state index in [-0.39, 0.29) is 17.2 Å². The maximum atomic E-state index is 12.0. The Morgan fingerprint density at radius 1 is 1.44 bits per heavy atom. The number of benzene rings is 1. The predicted octanol–water partition coefficient (Wildman–Crippen LogP) is 3.11. The molecule has 2 heteroatoms. The van der Waals surface area contributed by atoms with E-state index >= 15 is 0 Å². The van der Waals surface area contributed by atoms with Crippen LogP contribution in [0.5, 0.6) is 0 Å². The van der Waals surface area contributed by atoms with Crippen LogP contribution in [0.4, 0.5) is 5.69 Å². The van der Waals surface area contributed by atoms with Gasteiger partial charge in [-0.3, -0.25) is 4.79 Å². The second-order valence-corrected chi connectivity index (χ2v) is 4.83. The van der Waals surface area contributed by atoms with Crippen molar-refractivity contribution in [1.29, 1.82) is 0 Å². The van der Waals surface area contributed by atoms with Crippen LogP contribution in [0, 0.1) is 5.92 Å². The number of para-hydroxylation sites is 1. The van der Waals surface area contributed by atoms with E-state index < -0.39 is 0 Å². The number of amides is 1. The van der Waals surface area contributed by atoms with Crippen molar-refractivity contribution in [2.45, 2.75) is 25.7 Å². The number of fused-ring (bicyclic) bond motifs is 1. The van der Waals surface area contributed by atoms with Gasteiger partial charge in [-0.1, -0.05) is 38.1 Å². The molecule has 1 unspecified atom stereocenters. The van der Waals surface area contributed by atoms with Gasteiger partial charge >= 0.3 is 0 Å². The molecule has 1 aliphatic rings. The van der Waals surface area contributed by atoms with E-state index in [4.69, 9.17) is 0 Å². The minimum absolute atomic E-state index is 0.0279. The van der Waals surface area contributed by atoms with Crippen molar-refractivity contribution in [3.63, 3.8) is 0 Å². The van der Waals surface area contributed by atoms with Crippen molar-refractivity contribution >= 4 is 11.6 Å². The van der Waals surface area contributed by atoms with Crippen molar-refractivity contribution in [1.82, 2.24) is 0 Å². The van der Waals surface area contributed by atoms with Gasteiger partial charge in [0, 0.05) is 11.1 Å². The number of carbonyl (C=O) groups excluding carboxylic acids is 1. The summed E-state index contributed by atoms with van der Waals surface area (Å²) in [5, 5.41) is 2.96. The second kappa shape index (κ2) is 3.78. The van der Waals surface area contributed by atoms with Crippen molar-refractivity contribution in [3.05, 3.63) is 42.5 Å². The van der Waals surface area contributed by atoms with Crippen molar-refractivity contribution in [2.24, 2.45) is 5.92 Å². The van der Waals surface area contributed by atoms with Crippen LogP contribution in [-0.4, -0.2) is 5.91 Å². The van der Waals surface area contributed by atoms with Gasteiger partial charge in [-0.25, -0.2) is 0 Å². The highest BCUT2D eigenvalue weighted by atomic mass is 16.2. The maximum absolute atomic E-state index is 12.0. The number of hydrogen-bond acceptors (Lipinski definition) is 1. The molecular weight excluding hydrogens is 198 g/mol. The largest absolute Gasteiger partial charge is 0.326 e. The highest BCUT2D eigenvalue weighted by Gasteiger charge is 2.40. The van der Waals surface area contributed by atoms with E-state index in [2.05, 4.69) is 31.8 Å². The lowest BCUT2D eigenvalue weighted by molar-refractivity contribution is -0.122. The van der Waals surface area contributed by atoms with Crippen LogP contribution in [0.25, 0.3) is 0 Å². The summed E-state index contributed by atoms with van der Waals surface area (Å²) in [6, 6.07) is 8.01. The fraction of sp³-hybridized carbons (Fsp3) is 0.357. The number of hydrogen-bond donors (Lipinski definition) is 1. The van der Waals surface area contributed by atoms with Crippen molar-refractivity contribution in [3.8, 4) is 0 Å². The average Bonchev–Trinajstić information content (AvgIpc) is 2.24. The van der Waals surface area contributed by atoms with Crippen LogP contribution in [0.1, 0.15) is 25.8 Å². The van der Waals surface area contributed by atoms with Crippen LogP contribution in [-0.2, 0) is 10.2 Å². The number of nitrogens with one attached hydrogen (secondary N) is 1. The molecule has 1 heterocycles. The normalized spacial score (nSPS) is 22.1. The molecule has 1 aromatic rings. The number of allylic oxidation sites excluding steroid dienone is 1. The second-order valence-electron chi connectivity index (χ2n) is 4.83. The zero-order chi connectivity index (χ0) is 11.8. The molecule has 0 saturated heterocycles. The van der Waals surface area contributed by atoms with Gasteiger partial charge in [-0.15, -0.1) is 6.58 Å². The molecule has 1 N–H and O–H groups in total. The number of carbonyl (C=O) groups is 1. The molecule has 0 aromatic heterocycles. The molecular formula is C14H17NO. The summed E-state index contributed by atoms with van der Waals surface area (Å²) in [4.78, 5) is 12.0. The SMILES string of the molecule is C=CCC1C(=O)Nc2ccccc2C1(C)C. The molecule has 0 radical (unpaired) electrons. The highest BCUT2D eigenvalue weighted by Crippen LogP contribution is 2.42. The molecule has 1 aromatic carbocycles. The molecule has 0 fully saturated rings. The first-order valence-electron chi connectivity index (χ1n) is 5.58. The van der Waals surface area contributed by atoms with E-state index in [0.717, 1.165) is 5.69 Å². The smallest absolute Gasteiger partial charge is 0.228 e. The van der Waals surface area contributed by atoms with E-state index in [9.17, 15) is 4.79 Å². The Bertz CT molecular complexity index is 434. The average molecular weight is 215 g/mol. The fourth-order valence-electron chi connectivity index (χ4n) is 2.46. The van der Waals surface area contributed by atoms with Gasteiger partial charge in [-0.2, -0.15) is 0 Å². The lowest BCUT2D eigenvalue weighted by Crippen LogP contribution is -2.42. The van der Waals surface area contributed by atoms with E-state index in [0.29, 0.717) is 6.42 Å². The van der Waals surface area contributed by atoms with Crippen LogP contribution < -0.4 is 5.32 Å². The monoisotopic (exact) mass is 215 g/mol. The molecule has 1 amide bonds. The molecule has 1 aliphatic heterocycles. The lowest BCUT2D eigenvalue weighted by atomic mass is 9.69. The third-order valence-corrected chi connectivity index (χ3v) is 3.47. The molecule has 1 atom stereocenters.